The van der Waals surface area contributed by atoms with Crippen LogP contribution in [0.25, 0.3) is 0 Å². The number of benzene rings is 1. The van der Waals surface area contributed by atoms with Crippen LogP contribution in [0.15, 0.2) is 12.1 Å². The van der Waals surface area contributed by atoms with E-state index in [-0.39, 0.29) is 24.0 Å². The van der Waals surface area contributed by atoms with Crippen molar-refractivity contribution in [3.63, 3.8) is 0 Å². The van der Waals surface area contributed by atoms with Crippen molar-refractivity contribution in [3.05, 3.63) is 23.8 Å². The van der Waals surface area contributed by atoms with Gasteiger partial charge in [-0.25, -0.2) is 8.78 Å². The highest BCUT2D eigenvalue weighted by molar-refractivity contribution is 6.62. The fourth-order valence-corrected chi connectivity index (χ4v) is 3.52. The molecule has 2 aliphatic heterocycles. The molecule has 0 bridgehead atoms. The van der Waals surface area contributed by atoms with Crippen molar-refractivity contribution in [1.82, 2.24) is 0 Å². The average Bonchev–Trinajstić information content (AvgIpc) is 3.08. The molecule has 0 N–H and O–H groups in total. The number of ether oxygens (including phenoxy) is 1. The summed E-state index contributed by atoms with van der Waals surface area (Å²) in [5.41, 5.74) is -0.918. The van der Waals surface area contributed by atoms with Crippen LogP contribution in [0.2, 0.25) is 0 Å². The Morgan fingerprint density at radius 1 is 1.22 bits per heavy atom. The Morgan fingerprint density at radius 3 is 2.30 bits per heavy atom. The van der Waals surface area contributed by atoms with Gasteiger partial charge in [0, 0.05) is 13.1 Å². The summed E-state index contributed by atoms with van der Waals surface area (Å²) in [6.07, 6.45) is 0.940. The van der Waals surface area contributed by atoms with E-state index in [1.165, 1.54) is 19.2 Å². The second kappa shape index (κ2) is 7.06. The summed E-state index contributed by atoms with van der Waals surface area (Å²) in [5.74, 6) is -1.59. The largest absolute Gasteiger partial charge is 0.495 e. The van der Waals surface area contributed by atoms with Gasteiger partial charge in [0.25, 0.3) is 0 Å². The van der Waals surface area contributed by atoms with E-state index in [4.69, 9.17) is 9.31 Å². The Kier molecular flexibility index (Phi) is 5.25. The Bertz CT molecular complexity index is 701. The minimum Gasteiger partial charge on any atom is -0.469 e. The van der Waals surface area contributed by atoms with Crippen molar-refractivity contribution in [1.29, 1.82) is 0 Å². The third-order valence-electron chi connectivity index (χ3n) is 5.85. The first-order chi connectivity index (χ1) is 12.5. The highest BCUT2D eigenvalue weighted by Gasteiger charge is 2.52. The normalized spacial score (nSPS) is 23.7. The molecule has 1 aromatic carbocycles. The third-order valence-corrected chi connectivity index (χ3v) is 5.85. The van der Waals surface area contributed by atoms with Gasteiger partial charge in [-0.3, -0.25) is 4.79 Å². The number of halogens is 2. The molecule has 1 atom stereocenters. The van der Waals surface area contributed by atoms with Crippen LogP contribution in [0.1, 0.15) is 40.5 Å². The molecule has 8 heteroatoms. The monoisotopic (exact) mass is 381 g/mol. The van der Waals surface area contributed by atoms with Gasteiger partial charge >= 0.3 is 13.1 Å². The number of carbonyl (C=O) groups is 1. The molecule has 5 nitrogen and oxygen atoms in total. The zero-order valence-electron chi connectivity index (χ0n) is 16.5. The maximum absolute atomic E-state index is 14.8. The first-order valence-electron chi connectivity index (χ1n) is 9.20. The lowest BCUT2D eigenvalue weighted by Gasteiger charge is -2.32. The van der Waals surface area contributed by atoms with Crippen LogP contribution >= 0.6 is 0 Å². The Morgan fingerprint density at radius 2 is 1.78 bits per heavy atom. The molecule has 0 aromatic heterocycles. The number of esters is 1. The molecule has 0 radical (unpaired) electrons. The summed E-state index contributed by atoms with van der Waals surface area (Å²) in [6, 6.07) is 2.54. The van der Waals surface area contributed by atoms with Crippen LogP contribution < -0.4 is 10.4 Å². The number of hydrogen-bond acceptors (Lipinski definition) is 5. The summed E-state index contributed by atoms with van der Waals surface area (Å²) in [7, 11) is 0.516. The lowest BCUT2D eigenvalue weighted by Crippen LogP contribution is -2.41. The van der Waals surface area contributed by atoms with E-state index >= 15 is 0 Å². The summed E-state index contributed by atoms with van der Waals surface area (Å²) in [4.78, 5) is 13.1. The van der Waals surface area contributed by atoms with Crippen LogP contribution in [-0.4, -0.2) is 44.5 Å². The van der Waals surface area contributed by atoms with Crippen molar-refractivity contribution in [2.75, 3.05) is 25.1 Å². The zero-order chi connectivity index (χ0) is 20.0. The van der Waals surface area contributed by atoms with E-state index in [2.05, 4.69) is 4.74 Å². The Hall–Kier alpha value is -1.67. The van der Waals surface area contributed by atoms with Gasteiger partial charge in [-0.05, 0) is 57.6 Å². The topological polar surface area (TPSA) is 48.0 Å². The van der Waals surface area contributed by atoms with Gasteiger partial charge < -0.3 is 18.9 Å². The SMILES string of the molecule is COC(=O)C[C@@H]1CCN(c2c(F)cc(B3OC(C)(C)C(C)(C)O3)cc2F)C1. The Balaban J connectivity index is 1.78. The fourth-order valence-electron chi connectivity index (χ4n) is 3.52. The molecule has 0 unspecified atom stereocenters. The van der Waals surface area contributed by atoms with Gasteiger partial charge in [-0.15, -0.1) is 0 Å². The highest BCUT2D eigenvalue weighted by Crippen LogP contribution is 2.37. The molecule has 2 heterocycles. The smallest absolute Gasteiger partial charge is 0.469 e. The molecule has 0 spiro atoms. The van der Waals surface area contributed by atoms with Crippen LogP contribution in [0, 0.1) is 17.6 Å². The molecule has 27 heavy (non-hydrogen) atoms. The molecule has 2 aliphatic rings. The highest BCUT2D eigenvalue weighted by atomic mass is 19.1. The van der Waals surface area contributed by atoms with Crippen molar-refractivity contribution < 1.29 is 27.6 Å². The van der Waals surface area contributed by atoms with Crippen LogP contribution in [-0.2, 0) is 18.8 Å². The van der Waals surface area contributed by atoms with E-state index in [1.54, 1.807) is 4.90 Å². The van der Waals surface area contributed by atoms with E-state index in [9.17, 15) is 13.6 Å². The molecule has 2 saturated heterocycles. The first kappa shape index (κ1) is 20.1. The summed E-state index contributed by atoms with van der Waals surface area (Å²) >= 11 is 0. The van der Waals surface area contributed by atoms with Crippen molar-refractivity contribution in [2.45, 2.75) is 51.7 Å². The molecular weight excluding hydrogens is 355 g/mol. The van der Waals surface area contributed by atoms with Gasteiger partial charge in [0.15, 0.2) is 0 Å². The van der Waals surface area contributed by atoms with Gasteiger partial charge in [-0.2, -0.15) is 0 Å². The standard InChI is InChI=1S/C19H26BF2NO4/c1-18(2)19(3,4)27-20(26-18)13-9-14(21)17(15(22)10-13)23-7-6-12(11-23)8-16(24)25-5/h9-10,12H,6-8,11H2,1-5H3/t12-/m0/s1. The summed E-state index contributed by atoms with van der Waals surface area (Å²) < 4.78 is 46.0. The van der Waals surface area contributed by atoms with Crippen molar-refractivity contribution in [3.8, 4) is 0 Å². The van der Waals surface area contributed by atoms with E-state index in [0.717, 1.165) is 0 Å². The molecule has 148 valence electrons. The average molecular weight is 381 g/mol. The van der Waals surface area contributed by atoms with E-state index < -0.39 is 30.0 Å². The molecule has 0 aliphatic carbocycles. The van der Waals surface area contributed by atoms with Crippen LogP contribution in [0.5, 0.6) is 0 Å². The number of nitrogens with zero attached hydrogens (tertiary/aromatic N) is 1. The molecule has 0 amide bonds. The second-order valence-electron chi connectivity index (χ2n) is 8.30. The number of methoxy groups -OCH3 is 1. The first-order valence-corrected chi connectivity index (χ1v) is 9.20. The lowest BCUT2D eigenvalue weighted by atomic mass is 9.79. The summed E-state index contributed by atoms with van der Waals surface area (Å²) in [6.45, 7) is 8.46. The minimum atomic E-state index is -0.821. The molecule has 3 rings (SSSR count). The fraction of sp³-hybridized carbons (Fsp3) is 0.632. The predicted octanol–water partition coefficient (Wildman–Crippen LogP) is 2.65. The molecule has 0 saturated carbocycles. The number of carbonyl (C=O) groups excluding carboxylic acids is 1. The third kappa shape index (κ3) is 3.83. The van der Waals surface area contributed by atoms with E-state index in [0.29, 0.717) is 25.0 Å². The van der Waals surface area contributed by atoms with Gasteiger partial charge in [0.2, 0.25) is 0 Å². The van der Waals surface area contributed by atoms with E-state index in [1.807, 2.05) is 27.7 Å². The maximum atomic E-state index is 14.8. The quantitative estimate of drug-likeness (QED) is 0.593. The maximum Gasteiger partial charge on any atom is 0.495 e. The van der Waals surface area contributed by atoms with Crippen LogP contribution in [0.4, 0.5) is 14.5 Å². The molecule has 2 fully saturated rings. The minimum absolute atomic E-state index is 0.0269. The molecular formula is C19H26BF2NO4. The number of anilines is 1. The van der Waals surface area contributed by atoms with Gasteiger partial charge in [-0.1, -0.05) is 0 Å². The Labute approximate surface area is 159 Å². The van der Waals surface area contributed by atoms with Crippen molar-refractivity contribution >= 4 is 24.2 Å². The van der Waals surface area contributed by atoms with Gasteiger partial charge in [0.05, 0.1) is 24.7 Å². The van der Waals surface area contributed by atoms with Gasteiger partial charge in [0.1, 0.15) is 17.3 Å². The molecule has 1 aromatic rings. The zero-order valence-corrected chi connectivity index (χ0v) is 16.5. The second-order valence-corrected chi connectivity index (χ2v) is 8.30. The summed E-state index contributed by atoms with van der Waals surface area (Å²) in [5, 5.41) is 0. The lowest BCUT2D eigenvalue weighted by molar-refractivity contribution is -0.141. The van der Waals surface area contributed by atoms with Crippen molar-refractivity contribution in [2.24, 2.45) is 5.92 Å². The predicted molar refractivity (Wildman–Crippen MR) is 99.0 cm³/mol. The number of rotatable bonds is 4. The van der Waals surface area contributed by atoms with Crippen LogP contribution in [0.3, 0.4) is 0 Å². The number of hydrogen-bond donors (Lipinski definition) is 0.